The second-order valence-corrected chi connectivity index (χ2v) is 5.90. The fourth-order valence-corrected chi connectivity index (χ4v) is 2.78. The first-order valence-corrected chi connectivity index (χ1v) is 7.76. The number of carbonyl (C=O) groups is 1. The molecule has 0 bridgehead atoms. The molecule has 0 aliphatic carbocycles. The second-order valence-electron chi connectivity index (χ2n) is 5.90. The van der Waals surface area contributed by atoms with E-state index < -0.39 is 6.10 Å². The molecule has 3 rings (SSSR count). The molecule has 116 valence electrons. The number of amides is 1. The zero-order valence-electron chi connectivity index (χ0n) is 13.2. The van der Waals surface area contributed by atoms with Gasteiger partial charge in [-0.2, -0.15) is 0 Å². The van der Waals surface area contributed by atoms with Crippen molar-refractivity contribution in [3.63, 3.8) is 0 Å². The van der Waals surface area contributed by atoms with Gasteiger partial charge in [-0.25, -0.2) is 0 Å². The summed E-state index contributed by atoms with van der Waals surface area (Å²) < 4.78 is 5.86. The summed E-state index contributed by atoms with van der Waals surface area (Å²) in [5.74, 6) is 0.815. The van der Waals surface area contributed by atoms with Crippen LogP contribution in [0.4, 0.5) is 0 Å². The van der Waals surface area contributed by atoms with Gasteiger partial charge >= 0.3 is 0 Å². The van der Waals surface area contributed by atoms with E-state index in [0.717, 1.165) is 37.3 Å². The Labute approximate surface area is 131 Å². The highest BCUT2D eigenvalue weighted by molar-refractivity contribution is 5.84. The molecule has 2 aromatic rings. The highest BCUT2D eigenvalue weighted by Gasteiger charge is 2.24. The van der Waals surface area contributed by atoms with Crippen LogP contribution in [0.3, 0.4) is 0 Å². The Hall–Kier alpha value is -2.07. The number of rotatable bonds is 3. The van der Waals surface area contributed by atoms with Crippen LogP contribution < -0.4 is 4.74 Å². The Kier molecular flexibility index (Phi) is 4.29. The van der Waals surface area contributed by atoms with Gasteiger partial charge < -0.3 is 14.5 Å². The molecule has 1 unspecified atom stereocenters. The zero-order chi connectivity index (χ0) is 15.5. The maximum atomic E-state index is 12.5. The summed E-state index contributed by atoms with van der Waals surface area (Å²) >= 11 is 0. The molecule has 1 saturated heterocycles. The van der Waals surface area contributed by atoms with E-state index in [9.17, 15) is 4.79 Å². The molecule has 1 aliphatic heterocycles. The van der Waals surface area contributed by atoms with Crippen molar-refractivity contribution in [1.29, 1.82) is 0 Å². The maximum absolute atomic E-state index is 12.5. The van der Waals surface area contributed by atoms with E-state index in [-0.39, 0.29) is 5.91 Å². The lowest BCUT2D eigenvalue weighted by molar-refractivity contribution is -0.139. The van der Waals surface area contributed by atoms with E-state index >= 15 is 0 Å². The van der Waals surface area contributed by atoms with Gasteiger partial charge in [0.05, 0.1) is 0 Å². The van der Waals surface area contributed by atoms with Gasteiger partial charge in [0.2, 0.25) is 0 Å². The third-order valence-corrected chi connectivity index (χ3v) is 4.20. The van der Waals surface area contributed by atoms with Gasteiger partial charge in [-0.15, -0.1) is 0 Å². The lowest BCUT2D eigenvalue weighted by Crippen LogP contribution is -2.50. The van der Waals surface area contributed by atoms with Crippen LogP contribution in [0.2, 0.25) is 0 Å². The van der Waals surface area contributed by atoms with Crippen molar-refractivity contribution in [2.24, 2.45) is 0 Å². The van der Waals surface area contributed by atoms with Gasteiger partial charge in [0, 0.05) is 26.2 Å². The van der Waals surface area contributed by atoms with Gasteiger partial charge in [0.15, 0.2) is 6.10 Å². The van der Waals surface area contributed by atoms with Crippen LogP contribution in [0.15, 0.2) is 42.5 Å². The van der Waals surface area contributed by atoms with Crippen molar-refractivity contribution in [2.75, 3.05) is 33.2 Å². The smallest absolute Gasteiger partial charge is 0.263 e. The molecule has 4 heteroatoms. The average molecular weight is 298 g/mol. The number of carbonyl (C=O) groups excluding carboxylic acids is 1. The average Bonchev–Trinajstić information content (AvgIpc) is 2.55. The minimum atomic E-state index is -0.454. The second kappa shape index (κ2) is 6.36. The number of hydrogen-bond donors (Lipinski definition) is 0. The Balaban J connectivity index is 1.67. The predicted molar refractivity (Wildman–Crippen MR) is 88.1 cm³/mol. The maximum Gasteiger partial charge on any atom is 0.263 e. The predicted octanol–water partition coefficient (Wildman–Crippen LogP) is 2.38. The largest absolute Gasteiger partial charge is 0.481 e. The molecule has 0 radical (unpaired) electrons. The third-order valence-electron chi connectivity index (χ3n) is 4.20. The van der Waals surface area contributed by atoms with E-state index in [4.69, 9.17) is 4.74 Å². The molecule has 22 heavy (non-hydrogen) atoms. The van der Waals surface area contributed by atoms with Gasteiger partial charge in [-0.1, -0.05) is 30.3 Å². The van der Waals surface area contributed by atoms with Crippen molar-refractivity contribution in [3.8, 4) is 5.75 Å². The Morgan fingerprint density at radius 3 is 2.45 bits per heavy atom. The summed E-state index contributed by atoms with van der Waals surface area (Å²) in [6.45, 7) is 5.24. The number of fused-ring (bicyclic) bond motifs is 1. The number of piperazine rings is 1. The molecule has 1 aliphatic rings. The quantitative estimate of drug-likeness (QED) is 0.872. The van der Waals surface area contributed by atoms with E-state index in [1.54, 1.807) is 0 Å². The minimum Gasteiger partial charge on any atom is -0.481 e. The van der Waals surface area contributed by atoms with Crippen molar-refractivity contribution < 1.29 is 9.53 Å². The first-order chi connectivity index (χ1) is 10.6. The van der Waals surface area contributed by atoms with Crippen molar-refractivity contribution in [1.82, 2.24) is 9.80 Å². The third kappa shape index (κ3) is 3.22. The summed E-state index contributed by atoms with van der Waals surface area (Å²) in [6, 6.07) is 14.1. The number of ether oxygens (including phenoxy) is 1. The van der Waals surface area contributed by atoms with Gasteiger partial charge in [-0.3, -0.25) is 4.79 Å². The zero-order valence-corrected chi connectivity index (χ0v) is 13.2. The molecule has 4 nitrogen and oxygen atoms in total. The highest BCUT2D eigenvalue weighted by Crippen LogP contribution is 2.21. The number of likely N-dealkylation sites (N-methyl/N-ethyl adjacent to an activating group) is 1. The summed E-state index contributed by atoms with van der Waals surface area (Å²) in [6.07, 6.45) is -0.454. The number of hydrogen-bond acceptors (Lipinski definition) is 3. The number of nitrogens with zero attached hydrogens (tertiary/aromatic N) is 2. The SMILES string of the molecule is CC(Oc1ccc2ccccc2c1)C(=O)N1CCN(C)CC1. The van der Waals surface area contributed by atoms with Crippen LogP contribution in [0.5, 0.6) is 5.75 Å². The molecule has 0 spiro atoms. The summed E-state index contributed by atoms with van der Waals surface area (Å²) in [7, 11) is 2.08. The van der Waals surface area contributed by atoms with Gasteiger partial charge in [-0.05, 0) is 36.9 Å². The lowest BCUT2D eigenvalue weighted by Gasteiger charge is -2.33. The first kappa shape index (κ1) is 14.9. The molecule has 0 N–H and O–H groups in total. The van der Waals surface area contributed by atoms with Crippen LogP contribution in [0.1, 0.15) is 6.92 Å². The Morgan fingerprint density at radius 1 is 1.05 bits per heavy atom. The fraction of sp³-hybridized carbons (Fsp3) is 0.389. The summed E-state index contributed by atoms with van der Waals surface area (Å²) in [5.41, 5.74) is 0. The Morgan fingerprint density at radius 2 is 1.73 bits per heavy atom. The summed E-state index contributed by atoms with van der Waals surface area (Å²) in [4.78, 5) is 16.6. The molecule has 0 aromatic heterocycles. The standard InChI is InChI=1S/C18H22N2O2/c1-14(18(21)20-11-9-19(2)10-12-20)22-17-8-7-15-5-3-4-6-16(15)13-17/h3-8,13-14H,9-12H2,1-2H3. The van der Waals surface area contributed by atoms with Crippen LogP contribution in [0.25, 0.3) is 10.8 Å². The fourth-order valence-electron chi connectivity index (χ4n) is 2.78. The van der Waals surface area contributed by atoms with Crippen LogP contribution in [-0.2, 0) is 4.79 Å². The first-order valence-electron chi connectivity index (χ1n) is 7.76. The molecule has 1 fully saturated rings. The molecule has 1 amide bonds. The van der Waals surface area contributed by atoms with Crippen LogP contribution in [-0.4, -0.2) is 55.0 Å². The van der Waals surface area contributed by atoms with Crippen molar-refractivity contribution >= 4 is 16.7 Å². The van der Waals surface area contributed by atoms with Crippen LogP contribution in [0, 0.1) is 0 Å². The van der Waals surface area contributed by atoms with Crippen LogP contribution >= 0.6 is 0 Å². The van der Waals surface area contributed by atoms with E-state index in [0.29, 0.717) is 0 Å². The molecule has 2 aromatic carbocycles. The summed E-state index contributed by atoms with van der Waals surface area (Å²) in [5, 5.41) is 2.30. The Bertz CT molecular complexity index is 663. The van der Waals surface area contributed by atoms with Gasteiger partial charge in [0.1, 0.15) is 5.75 Å². The van der Waals surface area contributed by atoms with Crippen molar-refractivity contribution in [2.45, 2.75) is 13.0 Å². The monoisotopic (exact) mass is 298 g/mol. The molecule has 1 heterocycles. The molecule has 0 saturated carbocycles. The van der Waals surface area contributed by atoms with Gasteiger partial charge in [0.25, 0.3) is 5.91 Å². The lowest BCUT2D eigenvalue weighted by atomic mass is 10.1. The molecular weight excluding hydrogens is 276 g/mol. The normalized spacial score (nSPS) is 17.5. The highest BCUT2D eigenvalue weighted by atomic mass is 16.5. The molecule has 1 atom stereocenters. The molecular formula is C18H22N2O2. The van der Waals surface area contributed by atoms with Crippen molar-refractivity contribution in [3.05, 3.63) is 42.5 Å². The number of benzene rings is 2. The topological polar surface area (TPSA) is 32.8 Å². The van der Waals surface area contributed by atoms with E-state index in [2.05, 4.69) is 24.1 Å². The van der Waals surface area contributed by atoms with E-state index in [1.165, 1.54) is 5.39 Å². The van der Waals surface area contributed by atoms with E-state index in [1.807, 2.05) is 42.2 Å². The minimum absolute atomic E-state index is 0.0706.